The number of aryl methyl sites for hydroxylation is 1. The Morgan fingerprint density at radius 3 is 2.83 bits per heavy atom. The van der Waals surface area contributed by atoms with Crippen LogP contribution in [0.15, 0.2) is 28.7 Å². The predicted molar refractivity (Wildman–Crippen MR) is 76.2 cm³/mol. The van der Waals surface area contributed by atoms with Crippen molar-refractivity contribution in [1.29, 1.82) is 0 Å². The topological polar surface area (TPSA) is 42.2 Å². The van der Waals surface area contributed by atoms with Crippen molar-refractivity contribution < 1.29 is 8.63 Å². The van der Waals surface area contributed by atoms with Gasteiger partial charge in [-0.15, -0.1) is 0 Å². The molecule has 2 atom stereocenters. The number of fused-ring (bicyclic) bond motifs is 1. The summed E-state index contributed by atoms with van der Waals surface area (Å²) in [6, 6.07) is 8.05. The third-order valence-corrected chi connectivity index (χ3v) is 4.50. The molecule has 0 fully saturated rings. The zero-order valence-corrected chi connectivity index (χ0v) is 11.8. The first-order chi connectivity index (χ1) is 8.59. The summed E-state index contributed by atoms with van der Waals surface area (Å²) in [5, 5.41) is 4.68. The number of furan rings is 1. The lowest BCUT2D eigenvalue weighted by Gasteiger charge is -2.09. The fraction of sp³-hybridized carbons (Fsp3) is 0.429. The van der Waals surface area contributed by atoms with Gasteiger partial charge < -0.3 is 9.73 Å². The van der Waals surface area contributed by atoms with Crippen molar-refractivity contribution in [3.63, 3.8) is 0 Å². The second-order valence-corrected chi connectivity index (χ2v) is 6.37. The number of rotatable bonds is 5. The van der Waals surface area contributed by atoms with Crippen LogP contribution in [0.5, 0.6) is 0 Å². The van der Waals surface area contributed by atoms with Crippen molar-refractivity contribution in [2.24, 2.45) is 0 Å². The van der Waals surface area contributed by atoms with E-state index in [0.29, 0.717) is 0 Å². The van der Waals surface area contributed by atoms with E-state index >= 15 is 0 Å². The van der Waals surface area contributed by atoms with Gasteiger partial charge in [-0.05, 0) is 19.9 Å². The summed E-state index contributed by atoms with van der Waals surface area (Å²) in [6.07, 6.45) is 1.74. The van der Waals surface area contributed by atoms with E-state index < -0.39 is 10.8 Å². The van der Waals surface area contributed by atoms with Crippen LogP contribution in [-0.4, -0.2) is 22.3 Å². The molecular weight excluding hydrogens is 246 g/mol. The van der Waals surface area contributed by atoms with Crippen molar-refractivity contribution in [3.8, 4) is 0 Å². The van der Waals surface area contributed by atoms with Crippen LogP contribution < -0.4 is 5.32 Å². The zero-order valence-electron chi connectivity index (χ0n) is 11.0. The molecule has 98 valence electrons. The summed E-state index contributed by atoms with van der Waals surface area (Å²) in [4.78, 5) is 0. The normalized spacial score (nSPS) is 14.8. The first-order valence-electron chi connectivity index (χ1n) is 6.09. The molecule has 1 aromatic carbocycles. The SMILES string of the molecule is Cc1oc2ccccc2c1CNCC(C)S(C)=O. The number of nitrogens with one attached hydrogen (secondary N) is 1. The highest BCUT2D eigenvalue weighted by atomic mass is 32.2. The number of hydrogen-bond acceptors (Lipinski definition) is 3. The van der Waals surface area contributed by atoms with Gasteiger partial charge in [-0.3, -0.25) is 4.21 Å². The second-order valence-electron chi connectivity index (χ2n) is 4.57. The molecule has 0 aliphatic carbocycles. The van der Waals surface area contributed by atoms with Gasteiger partial charge in [-0.25, -0.2) is 0 Å². The minimum Gasteiger partial charge on any atom is -0.461 e. The Labute approximate surface area is 110 Å². The molecule has 2 unspecified atom stereocenters. The van der Waals surface area contributed by atoms with Gasteiger partial charge in [-0.1, -0.05) is 18.2 Å². The highest BCUT2D eigenvalue weighted by Crippen LogP contribution is 2.24. The van der Waals surface area contributed by atoms with Crippen LogP contribution in [0, 0.1) is 6.92 Å². The Kier molecular flexibility index (Phi) is 4.19. The van der Waals surface area contributed by atoms with E-state index in [2.05, 4.69) is 11.4 Å². The molecule has 0 spiro atoms. The largest absolute Gasteiger partial charge is 0.461 e. The Hall–Kier alpha value is -1.13. The van der Waals surface area contributed by atoms with Gasteiger partial charge in [0.1, 0.15) is 11.3 Å². The smallest absolute Gasteiger partial charge is 0.134 e. The van der Waals surface area contributed by atoms with Crippen LogP contribution in [0.3, 0.4) is 0 Å². The molecule has 1 heterocycles. The molecule has 1 aromatic heterocycles. The molecule has 2 aromatic rings. The number of para-hydroxylation sites is 1. The first-order valence-corrected chi connectivity index (χ1v) is 7.71. The fourth-order valence-electron chi connectivity index (χ4n) is 1.96. The maximum absolute atomic E-state index is 11.3. The summed E-state index contributed by atoms with van der Waals surface area (Å²) in [5.74, 6) is 0.953. The minimum atomic E-state index is -0.777. The van der Waals surface area contributed by atoms with Gasteiger partial charge in [0.2, 0.25) is 0 Å². The summed E-state index contributed by atoms with van der Waals surface area (Å²) in [6.45, 7) is 5.48. The second kappa shape index (κ2) is 5.67. The molecule has 18 heavy (non-hydrogen) atoms. The third kappa shape index (κ3) is 2.82. The molecule has 0 radical (unpaired) electrons. The Balaban J connectivity index is 2.08. The summed E-state index contributed by atoms with van der Waals surface area (Å²) in [5.41, 5.74) is 2.12. The average molecular weight is 265 g/mol. The van der Waals surface area contributed by atoms with Crippen molar-refractivity contribution in [2.45, 2.75) is 25.6 Å². The number of hydrogen-bond donors (Lipinski definition) is 1. The summed E-state index contributed by atoms with van der Waals surface area (Å²) < 4.78 is 17.0. The van der Waals surface area contributed by atoms with Gasteiger partial charge in [0, 0.05) is 46.3 Å². The minimum absolute atomic E-state index is 0.170. The zero-order chi connectivity index (χ0) is 13.1. The summed E-state index contributed by atoms with van der Waals surface area (Å²) >= 11 is 0. The molecule has 0 bridgehead atoms. The molecule has 1 N–H and O–H groups in total. The van der Waals surface area contributed by atoms with Crippen LogP contribution in [-0.2, 0) is 17.3 Å². The van der Waals surface area contributed by atoms with Gasteiger partial charge >= 0.3 is 0 Å². The maximum Gasteiger partial charge on any atom is 0.134 e. The van der Waals surface area contributed by atoms with E-state index in [4.69, 9.17) is 4.42 Å². The Bertz CT molecular complexity index is 562. The van der Waals surface area contributed by atoms with Crippen LogP contribution in [0.2, 0.25) is 0 Å². The lowest BCUT2D eigenvalue weighted by Crippen LogP contribution is -2.27. The molecule has 0 aliphatic rings. The van der Waals surface area contributed by atoms with Crippen molar-refractivity contribution >= 4 is 21.8 Å². The van der Waals surface area contributed by atoms with Gasteiger partial charge in [0.15, 0.2) is 0 Å². The first kappa shape index (κ1) is 13.3. The standard InChI is InChI=1S/C14H19NO2S/c1-10(18(3)16)8-15-9-13-11(2)17-14-7-5-4-6-12(13)14/h4-7,10,15H,8-9H2,1-3H3. The molecule has 2 rings (SSSR count). The maximum atomic E-state index is 11.3. The monoisotopic (exact) mass is 265 g/mol. The van der Waals surface area contributed by atoms with Gasteiger partial charge in [0.25, 0.3) is 0 Å². The van der Waals surface area contributed by atoms with Crippen molar-refractivity contribution in [1.82, 2.24) is 5.32 Å². The lowest BCUT2D eigenvalue weighted by molar-refractivity contribution is 0.564. The van der Waals surface area contributed by atoms with Crippen LogP contribution >= 0.6 is 0 Å². The quantitative estimate of drug-likeness (QED) is 0.903. The van der Waals surface area contributed by atoms with Gasteiger partial charge in [0.05, 0.1) is 0 Å². The van der Waals surface area contributed by atoms with E-state index in [-0.39, 0.29) is 5.25 Å². The average Bonchev–Trinajstić information content (AvgIpc) is 2.65. The van der Waals surface area contributed by atoms with Crippen molar-refractivity contribution in [2.75, 3.05) is 12.8 Å². The molecular formula is C14H19NO2S. The molecule has 3 nitrogen and oxygen atoms in total. The number of benzene rings is 1. The molecule has 0 amide bonds. The molecule has 0 saturated heterocycles. The van der Waals surface area contributed by atoms with Crippen molar-refractivity contribution in [3.05, 3.63) is 35.6 Å². The van der Waals surface area contributed by atoms with E-state index in [1.807, 2.05) is 32.0 Å². The Morgan fingerprint density at radius 1 is 1.39 bits per heavy atom. The summed E-state index contributed by atoms with van der Waals surface area (Å²) in [7, 11) is -0.777. The van der Waals surface area contributed by atoms with E-state index in [0.717, 1.165) is 29.8 Å². The van der Waals surface area contributed by atoms with E-state index in [9.17, 15) is 4.21 Å². The predicted octanol–water partition coefficient (Wildman–Crippen LogP) is 2.60. The molecule has 0 aliphatic heterocycles. The highest BCUT2D eigenvalue weighted by molar-refractivity contribution is 7.84. The van der Waals surface area contributed by atoms with Crippen LogP contribution in [0.1, 0.15) is 18.2 Å². The van der Waals surface area contributed by atoms with E-state index in [1.54, 1.807) is 6.26 Å². The lowest BCUT2D eigenvalue weighted by atomic mass is 10.1. The van der Waals surface area contributed by atoms with Crippen LogP contribution in [0.25, 0.3) is 11.0 Å². The van der Waals surface area contributed by atoms with Gasteiger partial charge in [-0.2, -0.15) is 0 Å². The molecule has 0 saturated carbocycles. The Morgan fingerprint density at radius 2 is 2.11 bits per heavy atom. The highest BCUT2D eigenvalue weighted by Gasteiger charge is 2.11. The van der Waals surface area contributed by atoms with E-state index in [1.165, 1.54) is 5.56 Å². The van der Waals surface area contributed by atoms with Crippen LogP contribution in [0.4, 0.5) is 0 Å². The third-order valence-electron chi connectivity index (χ3n) is 3.20. The fourth-order valence-corrected chi connectivity index (χ4v) is 2.31. The molecule has 4 heteroatoms.